The van der Waals surface area contributed by atoms with Crippen molar-refractivity contribution in [1.29, 1.82) is 0 Å². The van der Waals surface area contributed by atoms with Crippen molar-refractivity contribution in [3.8, 4) is 5.69 Å². The third-order valence-corrected chi connectivity index (χ3v) is 4.81. The van der Waals surface area contributed by atoms with E-state index in [9.17, 15) is 0 Å². The fourth-order valence-corrected chi connectivity index (χ4v) is 3.39. The van der Waals surface area contributed by atoms with E-state index >= 15 is 0 Å². The molecule has 1 aromatic heterocycles. The van der Waals surface area contributed by atoms with Crippen molar-refractivity contribution in [3.05, 3.63) is 77.1 Å². The lowest BCUT2D eigenvalue weighted by Gasteiger charge is -2.12. The van der Waals surface area contributed by atoms with Crippen LogP contribution in [-0.4, -0.2) is 15.0 Å². The number of rotatable bonds is 5. The summed E-state index contributed by atoms with van der Waals surface area (Å²) in [7, 11) is 0. The molecule has 2 aromatic carbocycles. The molecule has 0 spiro atoms. The maximum absolute atomic E-state index is 4.30. The number of benzene rings is 2. The Morgan fingerprint density at radius 1 is 1.12 bits per heavy atom. The SMILES string of the molecule is CCc1ccc(-n2cc(CN[C@@H]3CCc4ccccc43)nn2)cc1. The topological polar surface area (TPSA) is 42.7 Å². The third-order valence-electron chi connectivity index (χ3n) is 4.81. The van der Waals surface area contributed by atoms with E-state index in [4.69, 9.17) is 0 Å². The van der Waals surface area contributed by atoms with Crippen LogP contribution in [0.3, 0.4) is 0 Å². The average Bonchev–Trinajstić information content (AvgIpc) is 3.27. The van der Waals surface area contributed by atoms with Crippen molar-refractivity contribution >= 4 is 0 Å². The molecule has 4 nitrogen and oxygen atoms in total. The van der Waals surface area contributed by atoms with Gasteiger partial charge in [0.15, 0.2) is 0 Å². The Bertz CT molecular complexity index is 820. The molecule has 0 saturated heterocycles. The van der Waals surface area contributed by atoms with Gasteiger partial charge in [0, 0.05) is 12.6 Å². The Hall–Kier alpha value is -2.46. The molecular formula is C20H22N4. The first-order valence-electron chi connectivity index (χ1n) is 8.65. The monoisotopic (exact) mass is 318 g/mol. The molecule has 4 heteroatoms. The maximum atomic E-state index is 4.30. The average molecular weight is 318 g/mol. The fraction of sp³-hybridized carbons (Fsp3) is 0.300. The molecule has 0 saturated carbocycles. The number of nitrogens with zero attached hydrogens (tertiary/aromatic N) is 3. The van der Waals surface area contributed by atoms with Gasteiger partial charge in [0.2, 0.25) is 0 Å². The van der Waals surface area contributed by atoms with Gasteiger partial charge >= 0.3 is 0 Å². The smallest absolute Gasteiger partial charge is 0.0969 e. The first kappa shape index (κ1) is 15.1. The largest absolute Gasteiger partial charge is 0.304 e. The first-order valence-corrected chi connectivity index (χ1v) is 8.65. The summed E-state index contributed by atoms with van der Waals surface area (Å²) < 4.78 is 1.85. The van der Waals surface area contributed by atoms with Gasteiger partial charge in [-0.05, 0) is 48.1 Å². The zero-order valence-corrected chi connectivity index (χ0v) is 13.9. The summed E-state index contributed by atoms with van der Waals surface area (Å²) >= 11 is 0. The highest BCUT2D eigenvalue weighted by Crippen LogP contribution is 2.30. The van der Waals surface area contributed by atoms with Gasteiger partial charge in [0.1, 0.15) is 0 Å². The standard InChI is InChI=1S/C20H22N4/c1-2-15-7-10-18(11-8-15)24-14-17(22-23-24)13-21-20-12-9-16-5-3-4-6-19(16)20/h3-8,10-11,14,20-21H,2,9,12-13H2,1H3/t20-/m1/s1. The summed E-state index contributed by atoms with van der Waals surface area (Å²) in [5, 5.41) is 12.2. The maximum Gasteiger partial charge on any atom is 0.0969 e. The van der Waals surface area contributed by atoms with Crippen molar-refractivity contribution in [2.24, 2.45) is 0 Å². The summed E-state index contributed by atoms with van der Waals surface area (Å²) in [5.74, 6) is 0. The minimum absolute atomic E-state index is 0.426. The third kappa shape index (κ3) is 2.97. The van der Waals surface area contributed by atoms with E-state index in [1.165, 1.54) is 16.7 Å². The van der Waals surface area contributed by atoms with Crippen molar-refractivity contribution in [1.82, 2.24) is 20.3 Å². The van der Waals surface area contributed by atoms with Crippen LogP contribution in [0.5, 0.6) is 0 Å². The number of fused-ring (bicyclic) bond motifs is 1. The fourth-order valence-electron chi connectivity index (χ4n) is 3.39. The van der Waals surface area contributed by atoms with Crippen LogP contribution in [0.25, 0.3) is 5.69 Å². The van der Waals surface area contributed by atoms with Crippen LogP contribution < -0.4 is 5.32 Å². The molecule has 24 heavy (non-hydrogen) atoms. The van der Waals surface area contributed by atoms with Gasteiger partial charge in [-0.2, -0.15) is 0 Å². The van der Waals surface area contributed by atoms with Gasteiger partial charge in [-0.1, -0.05) is 48.5 Å². The number of aryl methyl sites for hydroxylation is 2. The van der Waals surface area contributed by atoms with Crippen molar-refractivity contribution < 1.29 is 0 Å². The Morgan fingerprint density at radius 2 is 1.96 bits per heavy atom. The molecular weight excluding hydrogens is 296 g/mol. The Kier molecular flexibility index (Phi) is 4.13. The van der Waals surface area contributed by atoms with Crippen molar-refractivity contribution in [2.45, 2.75) is 38.8 Å². The molecule has 3 aromatic rings. The quantitative estimate of drug-likeness (QED) is 0.781. The lowest BCUT2D eigenvalue weighted by atomic mass is 10.1. The van der Waals surface area contributed by atoms with Crippen LogP contribution in [0.4, 0.5) is 0 Å². The van der Waals surface area contributed by atoms with Gasteiger partial charge in [0.05, 0.1) is 17.6 Å². The van der Waals surface area contributed by atoms with E-state index < -0.39 is 0 Å². The molecule has 0 radical (unpaired) electrons. The van der Waals surface area contributed by atoms with Gasteiger partial charge in [-0.15, -0.1) is 5.10 Å². The van der Waals surface area contributed by atoms with E-state index in [0.29, 0.717) is 6.04 Å². The van der Waals surface area contributed by atoms with Crippen LogP contribution in [0, 0.1) is 0 Å². The predicted molar refractivity (Wildman–Crippen MR) is 95.1 cm³/mol. The van der Waals surface area contributed by atoms with E-state index in [0.717, 1.165) is 37.2 Å². The predicted octanol–water partition coefficient (Wildman–Crippen LogP) is 3.61. The minimum Gasteiger partial charge on any atom is -0.304 e. The number of aromatic nitrogens is 3. The van der Waals surface area contributed by atoms with Crippen LogP contribution >= 0.6 is 0 Å². The van der Waals surface area contributed by atoms with E-state index in [2.05, 4.69) is 71.1 Å². The summed E-state index contributed by atoms with van der Waals surface area (Å²) in [5.41, 5.74) is 6.26. The summed E-state index contributed by atoms with van der Waals surface area (Å²) in [6, 6.07) is 17.6. The van der Waals surface area contributed by atoms with Crippen molar-refractivity contribution in [2.75, 3.05) is 0 Å². The molecule has 0 fully saturated rings. The molecule has 4 rings (SSSR count). The minimum atomic E-state index is 0.426. The molecule has 122 valence electrons. The number of nitrogens with one attached hydrogen (secondary N) is 1. The molecule has 0 unspecified atom stereocenters. The second-order valence-corrected chi connectivity index (χ2v) is 6.35. The van der Waals surface area contributed by atoms with Gasteiger partial charge in [0.25, 0.3) is 0 Å². The molecule has 0 aliphatic heterocycles. The first-order chi connectivity index (χ1) is 11.8. The Morgan fingerprint density at radius 3 is 2.79 bits per heavy atom. The molecule has 1 aliphatic carbocycles. The van der Waals surface area contributed by atoms with Crippen molar-refractivity contribution in [3.63, 3.8) is 0 Å². The highest BCUT2D eigenvalue weighted by molar-refractivity contribution is 5.35. The Labute approximate surface area is 142 Å². The number of hydrogen-bond donors (Lipinski definition) is 1. The zero-order valence-electron chi connectivity index (χ0n) is 13.9. The highest BCUT2D eigenvalue weighted by atomic mass is 15.4. The van der Waals surface area contributed by atoms with Crippen LogP contribution in [0.15, 0.2) is 54.7 Å². The number of hydrogen-bond acceptors (Lipinski definition) is 3. The zero-order chi connectivity index (χ0) is 16.4. The molecule has 1 N–H and O–H groups in total. The normalized spacial score (nSPS) is 16.3. The van der Waals surface area contributed by atoms with Crippen LogP contribution in [0.1, 0.15) is 41.8 Å². The van der Waals surface area contributed by atoms with E-state index in [-0.39, 0.29) is 0 Å². The summed E-state index contributed by atoms with van der Waals surface area (Å²) in [4.78, 5) is 0. The van der Waals surface area contributed by atoms with Gasteiger partial charge < -0.3 is 5.32 Å². The van der Waals surface area contributed by atoms with Crippen LogP contribution in [-0.2, 0) is 19.4 Å². The summed E-state index contributed by atoms with van der Waals surface area (Å²) in [6.07, 6.45) is 5.38. The van der Waals surface area contributed by atoms with E-state index in [1.807, 2.05) is 10.9 Å². The molecule has 1 atom stereocenters. The highest BCUT2D eigenvalue weighted by Gasteiger charge is 2.21. The van der Waals surface area contributed by atoms with Gasteiger partial charge in [-0.3, -0.25) is 0 Å². The molecule has 0 bridgehead atoms. The van der Waals surface area contributed by atoms with E-state index in [1.54, 1.807) is 0 Å². The van der Waals surface area contributed by atoms with Crippen LogP contribution in [0.2, 0.25) is 0 Å². The van der Waals surface area contributed by atoms with Gasteiger partial charge in [-0.25, -0.2) is 4.68 Å². The second-order valence-electron chi connectivity index (χ2n) is 6.35. The molecule has 1 aliphatic rings. The molecule has 0 amide bonds. The Balaban J connectivity index is 1.42. The second kappa shape index (κ2) is 6.57. The summed E-state index contributed by atoms with van der Waals surface area (Å²) in [6.45, 7) is 2.90. The lowest BCUT2D eigenvalue weighted by molar-refractivity contribution is 0.525. The lowest BCUT2D eigenvalue weighted by Crippen LogP contribution is -2.18. The molecule has 1 heterocycles.